The first-order valence-corrected chi connectivity index (χ1v) is 9.11. The molecule has 4 nitrogen and oxygen atoms in total. The molecule has 1 aliphatic carbocycles. The minimum atomic E-state index is -0.377. The molecular formula is C22H28N2O2. The number of pyridine rings is 1. The summed E-state index contributed by atoms with van der Waals surface area (Å²) in [7, 11) is 1.37. The third kappa shape index (κ3) is 3.33. The van der Waals surface area contributed by atoms with Crippen molar-refractivity contribution in [3.63, 3.8) is 0 Å². The molecule has 138 valence electrons. The number of carbonyl (C=O) groups excluding carboxylic acids is 1. The van der Waals surface area contributed by atoms with Gasteiger partial charge >= 0.3 is 5.97 Å². The smallest absolute Gasteiger partial charge is 0.339 e. The van der Waals surface area contributed by atoms with Crippen molar-refractivity contribution in [3.05, 3.63) is 52.7 Å². The molecule has 0 saturated heterocycles. The van der Waals surface area contributed by atoms with Crippen LogP contribution >= 0.6 is 0 Å². The zero-order valence-electron chi connectivity index (χ0n) is 16.6. The molecule has 2 aromatic rings. The summed E-state index contributed by atoms with van der Waals surface area (Å²) in [4.78, 5) is 15.9. The van der Waals surface area contributed by atoms with Crippen LogP contribution in [0.1, 0.15) is 67.6 Å². The summed E-state index contributed by atoms with van der Waals surface area (Å²) in [5, 5.41) is 3.41. The number of nitrogens with one attached hydrogen (secondary N) is 1. The molecule has 0 aliphatic heterocycles. The molecule has 0 atom stereocenters. The van der Waals surface area contributed by atoms with Gasteiger partial charge in [-0.15, -0.1) is 0 Å². The van der Waals surface area contributed by atoms with Gasteiger partial charge in [0.15, 0.2) is 0 Å². The molecule has 3 rings (SSSR count). The lowest BCUT2D eigenvalue weighted by Gasteiger charge is -2.42. The van der Waals surface area contributed by atoms with Crippen molar-refractivity contribution in [2.75, 3.05) is 12.4 Å². The van der Waals surface area contributed by atoms with Crippen LogP contribution in [0.3, 0.4) is 0 Å². The molecule has 26 heavy (non-hydrogen) atoms. The molecular weight excluding hydrogens is 324 g/mol. The lowest BCUT2D eigenvalue weighted by Crippen LogP contribution is -2.34. The summed E-state index contributed by atoms with van der Waals surface area (Å²) in [6.07, 6.45) is 3.92. The van der Waals surface area contributed by atoms with Gasteiger partial charge in [0, 0.05) is 11.9 Å². The number of ether oxygens (including phenoxy) is 1. The third-order valence-electron chi connectivity index (χ3n) is 5.65. The number of benzene rings is 1. The van der Waals surface area contributed by atoms with E-state index in [9.17, 15) is 4.79 Å². The molecule has 1 heterocycles. The van der Waals surface area contributed by atoms with Gasteiger partial charge in [0.25, 0.3) is 0 Å². The SMILES string of the molecule is COC(=O)c1ccc(Nc2cc3c(cc2C)C(C)(C)CCC3(C)C)nc1. The Kier molecular flexibility index (Phi) is 4.55. The van der Waals surface area contributed by atoms with Gasteiger partial charge in [-0.1, -0.05) is 33.8 Å². The Balaban J connectivity index is 1.96. The molecule has 0 saturated carbocycles. The molecule has 1 aromatic carbocycles. The van der Waals surface area contributed by atoms with Crippen LogP contribution < -0.4 is 5.32 Å². The van der Waals surface area contributed by atoms with Crippen molar-refractivity contribution >= 4 is 17.5 Å². The number of methoxy groups -OCH3 is 1. The summed E-state index contributed by atoms with van der Waals surface area (Å²) < 4.78 is 4.72. The number of nitrogens with zero attached hydrogens (tertiary/aromatic N) is 1. The maximum Gasteiger partial charge on any atom is 0.339 e. The van der Waals surface area contributed by atoms with Crippen LogP contribution in [0.2, 0.25) is 0 Å². The van der Waals surface area contributed by atoms with E-state index < -0.39 is 0 Å². The molecule has 1 aromatic heterocycles. The number of aryl methyl sites for hydroxylation is 1. The van der Waals surface area contributed by atoms with Gasteiger partial charge in [0.1, 0.15) is 5.82 Å². The standard InChI is InChI=1S/C22H28N2O2/c1-14-11-16-17(22(4,5)10-9-21(16,2)3)12-18(14)24-19-8-7-15(13-23-19)20(25)26-6/h7-8,11-13H,9-10H2,1-6H3,(H,23,24). The fourth-order valence-corrected chi connectivity index (χ4v) is 3.70. The Bertz CT molecular complexity index is 836. The number of aromatic nitrogens is 1. The van der Waals surface area contributed by atoms with Gasteiger partial charge in [-0.25, -0.2) is 9.78 Å². The van der Waals surface area contributed by atoms with E-state index in [-0.39, 0.29) is 16.8 Å². The summed E-state index contributed by atoms with van der Waals surface area (Å²) in [5.74, 6) is 0.339. The van der Waals surface area contributed by atoms with E-state index in [2.05, 4.69) is 57.1 Å². The number of carbonyl (C=O) groups is 1. The highest BCUT2D eigenvalue weighted by molar-refractivity contribution is 5.89. The highest BCUT2D eigenvalue weighted by atomic mass is 16.5. The molecule has 0 unspecified atom stereocenters. The van der Waals surface area contributed by atoms with Crippen LogP contribution in [0.4, 0.5) is 11.5 Å². The van der Waals surface area contributed by atoms with E-state index in [0.717, 1.165) is 5.69 Å². The Morgan fingerprint density at radius 3 is 2.23 bits per heavy atom. The number of esters is 1. The van der Waals surface area contributed by atoms with Crippen molar-refractivity contribution in [2.45, 2.75) is 58.3 Å². The molecule has 1 N–H and O–H groups in total. The van der Waals surface area contributed by atoms with E-state index in [1.807, 2.05) is 0 Å². The van der Waals surface area contributed by atoms with E-state index in [1.165, 1.54) is 42.8 Å². The summed E-state index contributed by atoms with van der Waals surface area (Å²) in [5.41, 5.74) is 5.94. The van der Waals surface area contributed by atoms with Crippen LogP contribution in [0, 0.1) is 6.92 Å². The Morgan fingerprint density at radius 1 is 1.08 bits per heavy atom. The van der Waals surface area contributed by atoms with Crippen molar-refractivity contribution in [1.29, 1.82) is 0 Å². The fraction of sp³-hybridized carbons (Fsp3) is 0.455. The average molecular weight is 352 g/mol. The van der Waals surface area contributed by atoms with Crippen LogP contribution in [-0.2, 0) is 15.6 Å². The number of fused-ring (bicyclic) bond motifs is 1. The molecule has 0 spiro atoms. The van der Waals surface area contributed by atoms with Gasteiger partial charge < -0.3 is 10.1 Å². The monoisotopic (exact) mass is 352 g/mol. The van der Waals surface area contributed by atoms with Crippen molar-refractivity contribution < 1.29 is 9.53 Å². The topological polar surface area (TPSA) is 51.2 Å². The van der Waals surface area contributed by atoms with E-state index in [4.69, 9.17) is 4.74 Å². The first-order chi connectivity index (χ1) is 12.1. The first kappa shape index (κ1) is 18.4. The fourth-order valence-electron chi connectivity index (χ4n) is 3.70. The molecule has 0 bridgehead atoms. The first-order valence-electron chi connectivity index (χ1n) is 9.11. The highest BCUT2D eigenvalue weighted by Gasteiger charge is 2.37. The normalized spacial score (nSPS) is 17.3. The second-order valence-electron chi connectivity index (χ2n) is 8.53. The van der Waals surface area contributed by atoms with Crippen molar-refractivity contribution in [3.8, 4) is 0 Å². The third-order valence-corrected chi connectivity index (χ3v) is 5.65. The highest BCUT2D eigenvalue weighted by Crippen LogP contribution is 2.47. The van der Waals surface area contributed by atoms with Crippen LogP contribution in [0.15, 0.2) is 30.5 Å². The number of rotatable bonds is 3. The van der Waals surface area contributed by atoms with Gasteiger partial charge in [-0.05, 0) is 65.5 Å². The zero-order chi connectivity index (χ0) is 19.1. The Labute approximate surface area is 156 Å². The van der Waals surface area contributed by atoms with Gasteiger partial charge in [-0.2, -0.15) is 0 Å². The largest absolute Gasteiger partial charge is 0.465 e. The second kappa shape index (κ2) is 6.42. The average Bonchev–Trinajstić information content (AvgIpc) is 2.60. The number of anilines is 2. The summed E-state index contributed by atoms with van der Waals surface area (Å²) in [6, 6.07) is 8.13. The lowest BCUT2D eigenvalue weighted by atomic mass is 9.63. The van der Waals surface area contributed by atoms with Crippen molar-refractivity contribution in [1.82, 2.24) is 4.98 Å². The van der Waals surface area contributed by atoms with Crippen LogP contribution in [0.25, 0.3) is 0 Å². The predicted molar refractivity (Wildman–Crippen MR) is 105 cm³/mol. The summed E-state index contributed by atoms with van der Waals surface area (Å²) in [6.45, 7) is 11.4. The lowest BCUT2D eigenvalue weighted by molar-refractivity contribution is 0.0600. The van der Waals surface area contributed by atoms with Gasteiger partial charge in [0.05, 0.1) is 12.7 Å². The number of hydrogen-bond acceptors (Lipinski definition) is 4. The minimum Gasteiger partial charge on any atom is -0.465 e. The molecule has 4 heteroatoms. The van der Waals surface area contributed by atoms with Gasteiger partial charge in [-0.3, -0.25) is 0 Å². The quantitative estimate of drug-likeness (QED) is 0.765. The number of hydrogen-bond donors (Lipinski definition) is 1. The molecule has 0 amide bonds. The maximum atomic E-state index is 11.5. The minimum absolute atomic E-state index is 0.164. The Hall–Kier alpha value is -2.36. The van der Waals surface area contributed by atoms with Crippen LogP contribution in [-0.4, -0.2) is 18.1 Å². The van der Waals surface area contributed by atoms with Crippen LogP contribution in [0.5, 0.6) is 0 Å². The molecule has 1 aliphatic rings. The van der Waals surface area contributed by atoms with E-state index in [0.29, 0.717) is 11.4 Å². The maximum absolute atomic E-state index is 11.5. The molecule has 0 fully saturated rings. The predicted octanol–water partition coefficient (Wildman–Crippen LogP) is 5.27. The van der Waals surface area contributed by atoms with E-state index >= 15 is 0 Å². The summed E-state index contributed by atoms with van der Waals surface area (Å²) >= 11 is 0. The molecule has 0 radical (unpaired) electrons. The van der Waals surface area contributed by atoms with Crippen molar-refractivity contribution in [2.24, 2.45) is 0 Å². The van der Waals surface area contributed by atoms with Gasteiger partial charge in [0.2, 0.25) is 0 Å². The second-order valence-corrected chi connectivity index (χ2v) is 8.53. The zero-order valence-corrected chi connectivity index (χ0v) is 16.6. The van der Waals surface area contributed by atoms with E-state index in [1.54, 1.807) is 12.1 Å². The Morgan fingerprint density at radius 2 is 1.69 bits per heavy atom.